The van der Waals surface area contributed by atoms with Crippen molar-refractivity contribution < 1.29 is 19.5 Å². The van der Waals surface area contributed by atoms with Gasteiger partial charge in [-0.25, -0.2) is 0 Å². The highest BCUT2D eigenvalue weighted by Gasteiger charge is 2.23. The molecule has 7 N–H and O–H groups in total. The molecule has 2 aromatic carbocycles. The SMILES string of the molecule is N=C(N)NCCCCC(=O)Nc1cccc(C(=O)NCC(C(=O)O)c2ccc3c(c2)CCC3)c1. The number of rotatable bonds is 11. The maximum Gasteiger partial charge on any atom is 0.312 e. The van der Waals surface area contributed by atoms with Gasteiger partial charge in [0.15, 0.2) is 5.96 Å². The lowest BCUT2D eigenvalue weighted by molar-refractivity contribution is -0.138. The number of unbranched alkanes of at least 4 members (excludes halogenated alkanes) is 1. The molecule has 9 heteroatoms. The number of aryl methyl sites for hydroxylation is 2. The van der Waals surface area contributed by atoms with Crippen LogP contribution in [0.2, 0.25) is 0 Å². The minimum absolute atomic E-state index is 0.0299. The van der Waals surface area contributed by atoms with Gasteiger partial charge in [0.2, 0.25) is 5.91 Å². The average molecular weight is 466 g/mol. The first-order valence-electron chi connectivity index (χ1n) is 11.4. The summed E-state index contributed by atoms with van der Waals surface area (Å²) >= 11 is 0. The second-order valence-electron chi connectivity index (χ2n) is 8.41. The van der Waals surface area contributed by atoms with Crippen molar-refractivity contribution in [3.8, 4) is 0 Å². The molecule has 1 unspecified atom stereocenters. The Hall–Kier alpha value is -3.88. The van der Waals surface area contributed by atoms with Gasteiger partial charge in [0.25, 0.3) is 5.91 Å². The molecule has 1 aliphatic carbocycles. The van der Waals surface area contributed by atoms with E-state index in [4.69, 9.17) is 11.1 Å². The van der Waals surface area contributed by atoms with Gasteiger partial charge in [-0.05, 0) is 67.0 Å². The first kappa shape index (κ1) is 24.8. The zero-order chi connectivity index (χ0) is 24.5. The predicted octanol–water partition coefficient (Wildman–Crippen LogP) is 2.37. The second-order valence-corrected chi connectivity index (χ2v) is 8.41. The highest BCUT2D eigenvalue weighted by molar-refractivity contribution is 5.97. The highest BCUT2D eigenvalue weighted by Crippen LogP contribution is 2.26. The van der Waals surface area contributed by atoms with E-state index in [9.17, 15) is 19.5 Å². The maximum atomic E-state index is 12.7. The Morgan fingerprint density at radius 2 is 1.82 bits per heavy atom. The summed E-state index contributed by atoms with van der Waals surface area (Å²) in [5, 5.41) is 25.0. The molecule has 1 atom stereocenters. The van der Waals surface area contributed by atoms with Crippen LogP contribution < -0.4 is 21.7 Å². The van der Waals surface area contributed by atoms with Crippen LogP contribution in [0.1, 0.15) is 58.6 Å². The molecule has 180 valence electrons. The zero-order valence-electron chi connectivity index (χ0n) is 19.0. The van der Waals surface area contributed by atoms with Crippen LogP contribution >= 0.6 is 0 Å². The van der Waals surface area contributed by atoms with Crippen LogP contribution in [0.15, 0.2) is 42.5 Å². The van der Waals surface area contributed by atoms with Crippen LogP contribution in [0.3, 0.4) is 0 Å². The van der Waals surface area contributed by atoms with Gasteiger partial charge >= 0.3 is 5.97 Å². The van der Waals surface area contributed by atoms with Crippen LogP contribution in [0.5, 0.6) is 0 Å². The summed E-state index contributed by atoms with van der Waals surface area (Å²) in [7, 11) is 0. The Balaban J connectivity index is 1.53. The van der Waals surface area contributed by atoms with Gasteiger partial charge in [-0.15, -0.1) is 0 Å². The van der Waals surface area contributed by atoms with E-state index in [2.05, 4.69) is 16.0 Å². The predicted molar refractivity (Wildman–Crippen MR) is 130 cm³/mol. The minimum Gasteiger partial charge on any atom is -0.481 e. The minimum atomic E-state index is -0.988. The Bertz CT molecular complexity index is 1070. The number of amides is 2. The molecule has 0 heterocycles. The van der Waals surface area contributed by atoms with Crippen molar-refractivity contribution >= 4 is 29.4 Å². The maximum absolute atomic E-state index is 12.7. The Morgan fingerprint density at radius 3 is 2.59 bits per heavy atom. The Kier molecular flexibility index (Phi) is 8.61. The summed E-state index contributed by atoms with van der Waals surface area (Å²) in [6, 6.07) is 12.3. The van der Waals surface area contributed by atoms with E-state index in [0.29, 0.717) is 42.6 Å². The van der Waals surface area contributed by atoms with Gasteiger partial charge < -0.3 is 26.8 Å². The van der Waals surface area contributed by atoms with Crippen LogP contribution in [-0.2, 0) is 22.4 Å². The molecule has 1 aliphatic rings. The number of benzene rings is 2. The van der Waals surface area contributed by atoms with Crippen molar-refractivity contribution in [2.75, 3.05) is 18.4 Å². The number of carbonyl (C=O) groups is 3. The van der Waals surface area contributed by atoms with Crippen molar-refractivity contribution in [3.05, 3.63) is 64.7 Å². The molecular weight excluding hydrogens is 434 g/mol. The topological polar surface area (TPSA) is 157 Å². The molecule has 2 amide bonds. The number of hydrogen-bond acceptors (Lipinski definition) is 4. The van der Waals surface area contributed by atoms with E-state index >= 15 is 0 Å². The number of fused-ring (bicyclic) bond motifs is 1. The summed E-state index contributed by atoms with van der Waals surface area (Å²) in [6.07, 6.45) is 4.69. The second kappa shape index (κ2) is 11.8. The number of carbonyl (C=O) groups excluding carboxylic acids is 2. The molecular formula is C25H31N5O4. The number of guanidine groups is 1. The van der Waals surface area contributed by atoms with Gasteiger partial charge in [0.1, 0.15) is 0 Å². The largest absolute Gasteiger partial charge is 0.481 e. The summed E-state index contributed by atoms with van der Waals surface area (Å²) in [5.74, 6) is -2.50. The lowest BCUT2D eigenvalue weighted by Gasteiger charge is -2.15. The first-order valence-corrected chi connectivity index (χ1v) is 11.4. The summed E-state index contributed by atoms with van der Waals surface area (Å²) in [4.78, 5) is 36.7. The summed E-state index contributed by atoms with van der Waals surface area (Å²) in [6.45, 7) is 0.499. The fourth-order valence-corrected chi connectivity index (χ4v) is 4.05. The fourth-order valence-electron chi connectivity index (χ4n) is 4.05. The monoisotopic (exact) mass is 465 g/mol. The molecule has 0 fully saturated rings. The molecule has 0 radical (unpaired) electrons. The van der Waals surface area contributed by atoms with Crippen LogP contribution in [0, 0.1) is 5.41 Å². The highest BCUT2D eigenvalue weighted by atomic mass is 16.4. The molecule has 9 nitrogen and oxygen atoms in total. The van der Waals surface area contributed by atoms with Gasteiger partial charge in [-0.1, -0.05) is 24.3 Å². The average Bonchev–Trinajstić information content (AvgIpc) is 3.26. The summed E-state index contributed by atoms with van der Waals surface area (Å²) < 4.78 is 0. The standard InChI is InChI=1S/C25H31N5O4/c26-25(27)28-12-2-1-9-22(31)30-20-8-4-7-19(14-20)23(32)29-15-21(24(33)34)18-11-10-16-5-3-6-17(16)13-18/h4,7-8,10-11,13-14,21H,1-3,5-6,9,12,15H2,(H,29,32)(H,30,31)(H,33,34)(H4,26,27,28). The van der Waals surface area contributed by atoms with Gasteiger partial charge in [0.05, 0.1) is 5.92 Å². The molecule has 3 rings (SSSR count). The smallest absolute Gasteiger partial charge is 0.312 e. The number of carboxylic acids is 1. The number of carboxylic acid groups (broad SMARTS) is 1. The van der Waals surface area contributed by atoms with E-state index in [1.54, 1.807) is 24.3 Å². The van der Waals surface area contributed by atoms with E-state index in [1.807, 2.05) is 18.2 Å². The van der Waals surface area contributed by atoms with Crippen LogP contribution in [0.4, 0.5) is 5.69 Å². The number of anilines is 1. The van der Waals surface area contributed by atoms with Gasteiger partial charge in [0, 0.05) is 30.8 Å². The van der Waals surface area contributed by atoms with E-state index in [1.165, 1.54) is 11.1 Å². The molecule has 34 heavy (non-hydrogen) atoms. The van der Waals surface area contributed by atoms with Gasteiger partial charge in [-0.2, -0.15) is 0 Å². The van der Waals surface area contributed by atoms with Crippen LogP contribution in [-0.4, -0.2) is 41.9 Å². The Labute approximate surface area is 198 Å². The molecule has 0 aliphatic heterocycles. The number of nitrogens with two attached hydrogens (primary N) is 1. The van der Waals surface area contributed by atoms with E-state index < -0.39 is 17.8 Å². The lowest BCUT2D eigenvalue weighted by Crippen LogP contribution is -2.31. The van der Waals surface area contributed by atoms with Crippen molar-refractivity contribution in [3.63, 3.8) is 0 Å². The first-order chi connectivity index (χ1) is 16.3. The van der Waals surface area contributed by atoms with Gasteiger partial charge in [-0.3, -0.25) is 19.8 Å². The molecule has 0 saturated carbocycles. The Morgan fingerprint density at radius 1 is 1.03 bits per heavy atom. The quantitative estimate of drug-likeness (QED) is 0.170. The molecule has 0 spiro atoms. The molecule has 0 bridgehead atoms. The molecule has 0 saturated heterocycles. The van der Waals surface area contributed by atoms with Crippen molar-refractivity contribution in [2.45, 2.75) is 44.4 Å². The summed E-state index contributed by atoms with van der Waals surface area (Å²) in [5.41, 5.74) is 9.18. The van der Waals surface area contributed by atoms with Crippen LogP contribution in [0.25, 0.3) is 0 Å². The van der Waals surface area contributed by atoms with Crippen molar-refractivity contribution in [2.24, 2.45) is 5.73 Å². The normalized spacial score (nSPS) is 12.9. The number of hydrogen-bond donors (Lipinski definition) is 6. The van der Waals surface area contributed by atoms with Crippen molar-refractivity contribution in [1.82, 2.24) is 10.6 Å². The number of nitrogens with one attached hydrogen (secondary N) is 4. The zero-order valence-corrected chi connectivity index (χ0v) is 19.0. The third kappa shape index (κ3) is 7.06. The third-order valence-corrected chi connectivity index (χ3v) is 5.84. The molecule has 0 aromatic heterocycles. The fraction of sp³-hybridized carbons (Fsp3) is 0.360. The lowest BCUT2D eigenvalue weighted by atomic mass is 9.95. The number of aliphatic carboxylic acids is 1. The van der Waals surface area contributed by atoms with Crippen molar-refractivity contribution in [1.29, 1.82) is 5.41 Å². The van der Waals surface area contributed by atoms with E-state index in [-0.39, 0.29) is 18.4 Å². The van der Waals surface area contributed by atoms with E-state index in [0.717, 1.165) is 19.3 Å². The third-order valence-electron chi connectivity index (χ3n) is 5.84. The molecule has 2 aromatic rings.